The molecule has 0 spiro atoms. The molecule has 6 heteroatoms. The minimum absolute atomic E-state index is 0.142. The van der Waals surface area contributed by atoms with E-state index in [2.05, 4.69) is 5.16 Å². The van der Waals surface area contributed by atoms with Crippen molar-refractivity contribution in [1.29, 1.82) is 0 Å². The molecular weight excluding hydrogens is 236 g/mol. The van der Waals surface area contributed by atoms with Crippen LogP contribution in [0.25, 0.3) is 0 Å². The third-order valence-electron chi connectivity index (χ3n) is 2.46. The average molecular weight is 248 g/mol. The lowest BCUT2D eigenvalue weighted by Gasteiger charge is -2.08. The maximum absolute atomic E-state index is 12.1. The van der Waals surface area contributed by atoms with Crippen LogP contribution in [0.15, 0.2) is 22.7 Å². The van der Waals surface area contributed by atoms with E-state index in [0.29, 0.717) is 5.76 Å². The Morgan fingerprint density at radius 2 is 2.17 bits per heavy atom. The van der Waals surface area contributed by atoms with Crippen LogP contribution < -0.4 is 10.5 Å². The lowest BCUT2D eigenvalue weighted by atomic mass is 10.1. The number of methoxy groups -OCH3 is 1. The number of aromatic nitrogens is 1. The largest absolute Gasteiger partial charge is 0.504 e. The third kappa shape index (κ3) is 2.00. The van der Waals surface area contributed by atoms with E-state index in [1.54, 1.807) is 6.92 Å². The zero-order valence-electron chi connectivity index (χ0n) is 9.93. The predicted molar refractivity (Wildman–Crippen MR) is 63.7 cm³/mol. The van der Waals surface area contributed by atoms with E-state index in [-0.39, 0.29) is 28.4 Å². The summed E-state index contributed by atoms with van der Waals surface area (Å²) in [6.45, 7) is 1.68. The number of nitrogens with zero attached hydrogens (tertiary/aromatic N) is 1. The maximum atomic E-state index is 12.1. The molecule has 0 radical (unpaired) electrons. The molecule has 0 atom stereocenters. The normalized spacial score (nSPS) is 10.3. The number of nitrogen functional groups attached to an aromatic ring is 1. The third-order valence-corrected chi connectivity index (χ3v) is 2.46. The van der Waals surface area contributed by atoms with Crippen molar-refractivity contribution in [3.8, 4) is 11.5 Å². The first-order valence-corrected chi connectivity index (χ1v) is 5.17. The monoisotopic (exact) mass is 248 g/mol. The molecule has 1 aromatic carbocycles. The Hall–Kier alpha value is -2.50. The molecule has 0 aliphatic rings. The van der Waals surface area contributed by atoms with Crippen LogP contribution in [-0.4, -0.2) is 23.2 Å². The molecule has 2 rings (SSSR count). The maximum Gasteiger partial charge on any atom is 0.217 e. The molecule has 6 nitrogen and oxygen atoms in total. The fraction of sp³-hybridized carbons (Fsp3) is 0.167. The van der Waals surface area contributed by atoms with Crippen LogP contribution >= 0.6 is 0 Å². The summed E-state index contributed by atoms with van der Waals surface area (Å²) in [5.41, 5.74) is 6.24. The zero-order valence-corrected chi connectivity index (χ0v) is 9.93. The van der Waals surface area contributed by atoms with Crippen LogP contribution in [0.3, 0.4) is 0 Å². The molecule has 1 heterocycles. The second-order valence-electron chi connectivity index (χ2n) is 3.76. The molecule has 0 saturated heterocycles. The average Bonchev–Trinajstić information content (AvgIpc) is 2.77. The van der Waals surface area contributed by atoms with Crippen molar-refractivity contribution in [1.82, 2.24) is 5.16 Å². The van der Waals surface area contributed by atoms with Crippen molar-refractivity contribution in [2.24, 2.45) is 0 Å². The van der Waals surface area contributed by atoms with Crippen LogP contribution in [0, 0.1) is 6.92 Å². The molecule has 0 fully saturated rings. The summed E-state index contributed by atoms with van der Waals surface area (Å²) in [6, 6.07) is 4.14. The van der Waals surface area contributed by atoms with Gasteiger partial charge in [-0.3, -0.25) is 4.79 Å². The van der Waals surface area contributed by atoms with Crippen molar-refractivity contribution < 1.29 is 19.2 Å². The molecule has 94 valence electrons. The highest BCUT2D eigenvalue weighted by atomic mass is 16.5. The Labute approximate surface area is 103 Å². The topological polar surface area (TPSA) is 98.6 Å². The van der Waals surface area contributed by atoms with E-state index in [4.69, 9.17) is 15.0 Å². The van der Waals surface area contributed by atoms with Gasteiger partial charge in [0.05, 0.1) is 12.7 Å². The highest BCUT2D eigenvalue weighted by Crippen LogP contribution is 2.31. The van der Waals surface area contributed by atoms with Crippen LogP contribution in [0.1, 0.15) is 21.8 Å². The zero-order chi connectivity index (χ0) is 13.3. The number of phenolic OH excluding ortho intramolecular Hbond substituents is 1. The van der Waals surface area contributed by atoms with Gasteiger partial charge in [0.15, 0.2) is 17.2 Å². The highest BCUT2D eigenvalue weighted by molar-refractivity contribution is 6.11. The number of phenols is 1. The smallest absolute Gasteiger partial charge is 0.217 e. The van der Waals surface area contributed by atoms with E-state index in [1.807, 2.05) is 0 Å². The van der Waals surface area contributed by atoms with Crippen molar-refractivity contribution >= 4 is 11.5 Å². The summed E-state index contributed by atoms with van der Waals surface area (Å²) in [5, 5.41) is 13.3. The van der Waals surface area contributed by atoms with Gasteiger partial charge >= 0.3 is 0 Å². The van der Waals surface area contributed by atoms with Crippen molar-refractivity contribution in [3.05, 3.63) is 35.2 Å². The lowest BCUT2D eigenvalue weighted by molar-refractivity contribution is 0.103. The molecule has 0 saturated carbocycles. The molecule has 0 aliphatic heterocycles. The number of aryl methyl sites for hydroxylation is 1. The number of nitrogens with two attached hydrogens (primary N) is 1. The van der Waals surface area contributed by atoms with Gasteiger partial charge in [0, 0.05) is 17.8 Å². The molecule has 3 N–H and O–H groups in total. The first-order chi connectivity index (χ1) is 8.52. The lowest BCUT2D eigenvalue weighted by Crippen LogP contribution is -2.06. The summed E-state index contributed by atoms with van der Waals surface area (Å²) < 4.78 is 9.72. The van der Waals surface area contributed by atoms with Gasteiger partial charge in [-0.15, -0.1) is 0 Å². The second-order valence-corrected chi connectivity index (χ2v) is 3.76. The number of hydrogen-bond donors (Lipinski definition) is 2. The highest BCUT2D eigenvalue weighted by Gasteiger charge is 2.18. The molecule has 0 bridgehead atoms. The molecule has 1 aromatic heterocycles. The number of aromatic hydroxyl groups is 1. The predicted octanol–water partition coefficient (Wildman–Crippen LogP) is 1.51. The number of carbonyl (C=O) groups excluding carboxylic acids is 1. The summed E-state index contributed by atoms with van der Waals surface area (Å²) >= 11 is 0. The molecule has 0 amide bonds. The van der Waals surface area contributed by atoms with E-state index in [0.717, 1.165) is 0 Å². The summed E-state index contributed by atoms with van der Waals surface area (Å²) in [4.78, 5) is 12.1. The van der Waals surface area contributed by atoms with Crippen LogP contribution in [0.2, 0.25) is 0 Å². The first kappa shape index (κ1) is 12.0. The van der Waals surface area contributed by atoms with Crippen molar-refractivity contribution in [3.63, 3.8) is 0 Å². The Bertz CT molecular complexity index is 604. The summed E-state index contributed by atoms with van der Waals surface area (Å²) in [5.74, 6) is 0.160. The Morgan fingerprint density at radius 3 is 2.72 bits per heavy atom. The minimum Gasteiger partial charge on any atom is -0.504 e. The number of ether oxygens (including phenoxy) is 1. The first-order valence-electron chi connectivity index (χ1n) is 5.17. The van der Waals surface area contributed by atoms with Gasteiger partial charge in [-0.05, 0) is 13.0 Å². The summed E-state index contributed by atoms with van der Waals surface area (Å²) in [7, 11) is 1.40. The number of hydrogen-bond acceptors (Lipinski definition) is 6. The Kier molecular flexibility index (Phi) is 2.93. The SMILES string of the molecule is COc1cc(N)c(C(=O)c2cc(C)on2)cc1O. The molecule has 0 aliphatic carbocycles. The second kappa shape index (κ2) is 4.40. The minimum atomic E-state index is -0.415. The van der Waals surface area contributed by atoms with E-state index >= 15 is 0 Å². The van der Waals surface area contributed by atoms with Crippen LogP contribution in [0.5, 0.6) is 11.5 Å². The quantitative estimate of drug-likeness (QED) is 0.485. The number of carbonyl (C=O) groups is 1. The number of anilines is 1. The van der Waals surface area contributed by atoms with Gasteiger partial charge in [-0.2, -0.15) is 0 Å². The number of benzene rings is 1. The van der Waals surface area contributed by atoms with Gasteiger partial charge in [-0.1, -0.05) is 5.16 Å². The standard InChI is InChI=1S/C12H12N2O4/c1-6-3-9(14-18-6)12(16)7-4-10(15)11(17-2)5-8(7)13/h3-5,15H,13H2,1-2H3. The fourth-order valence-electron chi connectivity index (χ4n) is 1.56. The number of rotatable bonds is 3. The van der Waals surface area contributed by atoms with Crippen molar-refractivity contribution in [2.75, 3.05) is 12.8 Å². The molecular formula is C12H12N2O4. The number of ketones is 1. The molecule has 0 unspecified atom stereocenters. The molecule has 2 aromatic rings. The van der Waals surface area contributed by atoms with Gasteiger partial charge < -0.3 is 20.1 Å². The van der Waals surface area contributed by atoms with E-state index < -0.39 is 5.78 Å². The van der Waals surface area contributed by atoms with E-state index in [9.17, 15) is 9.90 Å². The van der Waals surface area contributed by atoms with Gasteiger partial charge in [0.25, 0.3) is 0 Å². The van der Waals surface area contributed by atoms with Gasteiger partial charge in [0.2, 0.25) is 5.78 Å². The van der Waals surface area contributed by atoms with Crippen LogP contribution in [-0.2, 0) is 0 Å². The van der Waals surface area contributed by atoms with Crippen LogP contribution in [0.4, 0.5) is 5.69 Å². The fourth-order valence-corrected chi connectivity index (χ4v) is 1.56. The summed E-state index contributed by atoms with van der Waals surface area (Å²) in [6.07, 6.45) is 0. The van der Waals surface area contributed by atoms with Gasteiger partial charge in [0.1, 0.15) is 5.76 Å². The van der Waals surface area contributed by atoms with Gasteiger partial charge in [-0.25, -0.2) is 0 Å². The van der Waals surface area contributed by atoms with E-state index in [1.165, 1.54) is 25.3 Å². The Balaban J connectivity index is 2.45. The molecule has 18 heavy (non-hydrogen) atoms. The van der Waals surface area contributed by atoms with Crippen molar-refractivity contribution in [2.45, 2.75) is 6.92 Å². The Morgan fingerprint density at radius 1 is 1.44 bits per heavy atom.